The summed E-state index contributed by atoms with van der Waals surface area (Å²) in [6.45, 7) is 6.31. The van der Waals surface area contributed by atoms with Crippen LogP contribution in [0.1, 0.15) is 50.8 Å². The minimum absolute atomic E-state index is 0.0175. The van der Waals surface area contributed by atoms with Crippen molar-refractivity contribution < 1.29 is 22.7 Å². The summed E-state index contributed by atoms with van der Waals surface area (Å²) in [5.41, 5.74) is 2.83. The molecule has 2 aromatic heterocycles. The van der Waals surface area contributed by atoms with Gasteiger partial charge in [-0.05, 0) is 57.0 Å². The smallest absolute Gasteiger partial charge is 0.410 e. The molecular formula is C42H48N8O5S. The lowest BCUT2D eigenvalue weighted by molar-refractivity contribution is -0.116. The second kappa shape index (κ2) is 17.3. The molecule has 14 heteroatoms. The first-order chi connectivity index (χ1) is 26.8. The van der Waals surface area contributed by atoms with Crippen LogP contribution in [0.5, 0.6) is 0 Å². The van der Waals surface area contributed by atoms with E-state index in [2.05, 4.69) is 25.3 Å². The molecule has 0 spiro atoms. The lowest BCUT2D eigenvalue weighted by Gasteiger charge is -2.30. The molecule has 56 heavy (non-hydrogen) atoms. The lowest BCUT2D eigenvalue weighted by Crippen LogP contribution is -2.39. The molecule has 0 aliphatic carbocycles. The molecule has 13 nitrogen and oxygen atoms in total. The zero-order chi connectivity index (χ0) is 39.9. The Hall–Kier alpha value is -5.86. The van der Waals surface area contributed by atoms with E-state index in [1.54, 1.807) is 40.2 Å². The van der Waals surface area contributed by atoms with Crippen molar-refractivity contribution in [1.29, 1.82) is 0 Å². The molecule has 2 heterocycles. The topological polar surface area (TPSA) is 152 Å². The van der Waals surface area contributed by atoms with Crippen molar-refractivity contribution in [1.82, 2.24) is 29.6 Å². The van der Waals surface area contributed by atoms with Crippen molar-refractivity contribution in [3.8, 4) is 0 Å². The third kappa shape index (κ3) is 10.1. The fraction of sp³-hybridized carbons (Fsp3) is 0.310. The van der Waals surface area contributed by atoms with E-state index in [4.69, 9.17) is 4.74 Å². The van der Waals surface area contributed by atoms with E-state index in [1.165, 1.54) is 0 Å². The van der Waals surface area contributed by atoms with Crippen LogP contribution in [0.2, 0.25) is 0 Å². The molecule has 1 atom stereocenters. The van der Waals surface area contributed by atoms with Crippen LogP contribution in [-0.2, 0) is 32.6 Å². The number of anilines is 2. The van der Waals surface area contributed by atoms with Crippen molar-refractivity contribution in [3.63, 3.8) is 0 Å². The summed E-state index contributed by atoms with van der Waals surface area (Å²) in [6, 6.07) is 29.8. The first-order valence-corrected chi connectivity index (χ1v) is 20.0. The molecule has 6 rings (SSSR count). The number of nitrogens with one attached hydrogen (secondary N) is 2. The van der Waals surface area contributed by atoms with Crippen molar-refractivity contribution >= 4 is 55.1 Å². The number of hydrogen-bond acceptors (Lipinski definition) is 9. The number of hydrogen-bond donors (Lipinski definition) is 2. The number of benzene rings is 4. The first-order valence-electron chi connectivity index (χ1n) is 18.5. The number of carbonyl (C=O) groups excluding carboxylic acids is 2. The van der Waals surface area contributed by atoms with E-state index in [0.29, 0.717) is 35.2 Å². The predicted molar refractivity (Wildman–Crippen MR) is 219 cm³/mol. The van der Waals surface area contributed by atoms with Gasteiger partial charge in [0, 0.05) is 86.9 Å². The number of nitrogens with zero attached hydrogens (tertiary/aromatic N) is 6. The summed E-state index contributed by atoms with van der Waals surface area (Å²) < 4.78 is 37.1. The Balaban J connectivity index is 1.19. The number of fused-ring (bicyclic) bond motifs is 2. The SMILES string of the molecule is CN(C)c1cccc2c(S(=O)(=O)NCCCn3cc(C(CC(=O)Nc4cccc5cccnc45)CN(Cc4ccccc4)C(=O)OC(C)(C)C)nn3)cccc12. The van der Waals surface area contributed by atoms with Crippen LogP contribution in [-0.4, -0.2) is 78.1 Å². The van der Waals surface area contributed by atoms with Crippen LogP contribution in [0, 0.1) is 0 Å². The van der Waals surface area contributed by atoms with Gasteiger partial charge in [0.1, 0.15) is 5.60 Å². The minimum atomic E-state index is -3.82. The van der Waals surface area contributed by atoms with E-state index in [0.717, 1.165) is 22.0 Å². The Bertz CT molecular complexity index is 2410. The monoisotopic (exact) mass is 776 g/mol. The van der Waals surface area contributed by atoms with E-state index in [-0.39, 0.29) is 36.9 Å². The second-order valence-electron chi connectivity index (χ2n) is 14.9. The predicted octanol–water partition coefficient (Wildman–Crippen LogP) is 6.96. The van der Waals surface area contributed by atoms with Crippen LogP contribution in [0.4, 0.5) is 16.2 Å². The van der Waals surface area contributed by atoms with Crippen LogP contribution in [0.3, 0.4) is 0 Å². The zero-order valence-electron chi connectivity index (χ0n) is 32.3. The first kappa shape index (κ1) is 39.8. The van der Waals surface area contributed by atoms with Crippen molar-refractivity contribution in [2.24, 2.45) is 0 Å². The minimum Gasteiger partial charge on any atom is -0.444 e. The molecule has 2 N–H and O–H groups in total. The third-order valence-corrected chi connectivity index (χ3v) is 10.6. The molecule has 292 valence electrons. The maximum atomic E-state index is 13.7. The quantitative estimate of drug-likeness (QED) is 0.105. The zero-order valence-corrected chi connectivity index (χ0v) is 33.2. The Kier molecular flexibility index (Phi) is 12.3. The van der Waals surface area contributed by atoms with Crippen molar-refractivity contribution in [3.05, 3.63) is 121 Å². The number of carbonyl (C=O) groups is 2. The average Bonchev–Trinajstić information content (AvgIpc) is 3.64. The normalized spacial score (nSPS) is 12.4. The van der Waals surface area contributed by atoms with Crippen molar-refractivity contribution in [2.45, 2.75) is 63.1 Å². The maximum Gasteiger partial charge on any atom is 0.410 e. The van der Waals surface area contributed by atoms with E-state index < -0.39 is 27.6 Å². The molecule has 0 saturated carbocycles. The number of para-hydroxylation sites is 1. The van der Waals surface area contributed by atoms with E-state index in [1.807, 2.05) is 119 Å². The molecular weight excluding hydrogens is 729 g/mol. The van der Waals surface area contributed by atoms with Crippen molar-refractivity contribution in [2.75, 3.05) is 37.4 Å². The number of ether oxygens (including phenoxy) is 1. The van der Waals surface area contributed by atoms with Crippen LogP contribution < -0.4 is 14.9 Å². The van der Waals surface area contributed by atoms with Gasteiger partial charge in [0.15, 0.2) is 0 Å². The van der Waals surface area contributed by atoms with Gasteiger partial charge in [0.25, 0.3) is 0 Å². The van der Waals surface area contributed by atoms with E-state index >= 15 is 0 Å². The van der Waals surface area contributed by atoms with Gasteiger partial charge >= 0.3 is 6.09 Å². The largest absolute Gasteiger partial charge is 0.444 e. The Morgan fingerprint density at radius 2 is 1.62 bits per heavy atom. The van der Waals surface area contributed by atoms with Gasteiger partial charge in [0.05, 0.1) is 21.8 Å². The van der Waals surface area contributed by atoms with Crippen LogP contribution >= 0.6 is 0 Å². The number of rotatable bonds is 15. The summed E-state index contributed by atoms with van der Waals surface area (Å²) >= 11 is 0. The maximum absolute atomic E-state index is 13.7. The fourth-order valence-corrected chi connectivity index (χ4v) is 7.81. The number of aryl methyl sites for hydroxylation is 1. The highest BCUT2D eigenvalue weighted by atomic mass is 32.2. The summed E-state index contributed by atoms with van der Waals surface area (Å²) in [6.07, 6.45) is 3.31. The Labute approximate surface area is 327 Å². The average molecular weight is 777 g/mol. The van der Waals surface area contributed by atoms with Gasteiger partial charge in [-0.15, -0.1) is 5.10 Å². The molecule has 6 aromatic rings. The Morgan fingerprint density at radius 1 is 0.893 bits per heavy atom. The summed E-state index contributed by atoms with van der Waals surface area (Å²) in [4.78, 5) is 35.6. The Morgan fingerprint density at radius 3 is 2.39 bits per heavy atom. The lowest BCUT2D eigenvalue weighted by atomic mass is 10.00. The van der Waals surface area contributed by atoms with Gasteiger partial charge in [-0.25, -0.2) is 17.9 Å². The summed E-state index contributed by atoms with van der Waals surface area (Å²) in [5, 5.41) is 14.2. The third-order valence-electron chi connectivity index (χ3n) is 9.11. The number of pyridine rings is 1. The van der Waals surface area contributed by atoms with Crippen LogP contribution in [0.15, 0.2) is 114 Å². The number of sulfonamides is 1. The summed E-state index contributed by atoms with van der Waals surface area (Å²) in [7, 11) is 0.0284. The molecule has 0 aliphatic heterocycles. The molecule has 4 aromatic carbocycles. The number of aromatic nitrogens is 4. The second-order valence-corrected chi connectivity index (χ2v) is 16.6. The van der Waals surface area contributed by atoms with Gasteiger partial charge in [0.2, 0.25) is 15.9 Å². The van der Waals surface area contributed by atoms with Gasteiger partial charge in [-0.2, -0.15) is 0 Å². The molecule has 1 unspecified atom stereocenters. The highest BCUT2D eigenvalue weighted by Gasteiger charge is 2.29. The molecule has 0 aliphatic rings. The highest BCUT2D eigenvalue weighted by Crippen LogP contribution is 2.30. The van der Waals surface area contributed by atoms with Gasteiger partial charge in [-0.3, -0.25) is 14.5 Å². The fourth-order valence-electron chi connectivity index (χ4n) is 6.52. The highest BCUT2D eigenvalue weighted by molar-refractivity contribution is 7.89. The van der Waals surface area contributed by atoms with Gasteiger partial charge in [-0.1, -0.05) is 78.0 Å². The molecule has 0 saturated heterocycles. The molecule has 0 radical (unpaired) electrons. The van der Waals surface area contributed by atoms with Gasteiger partial charge < -0.3 is 19.9 Å². The molecule has 0 fully saturated rings. The molecule has 0 bridgehead atoms. The van der Waals surface area contributed by atoms with E-state index in [9.17, 15) is 18.0 Å². The standard InChI is InChI=1S/C42H48N8O5S/c1-42(2,3)55-41(52)49(27-30-14-7-6-8-15-30)28-32(26-39(51)45-35-20-9-16-31-17-12-23-43-40(31)35)36-29-50(47-46-36)25-13-24-44-56(53,54)38-22-11-18-33-34(38)19-10-21-37(33)48(4)5/h6-12,14-23,29,32,44H,13,24-28H2,1-5H3,(H,45,51). The molecule has 2 amide bonds. The number of amides is 2. The van der Waals surface area contributed by atoms with Crippen LogP contribution in [0.25, 0.3) is 21.7 Å². The summed E-state index contributed by atoms with van der Waals surface area (Å²) in [5.74, 6) is -0.855.